The second kappa shape index (κ2) is 5.78. The van der Waals surface area contributed by atoms with Crippen LogP contribution in [0.4, 0.5) is 0 Å². The van der Waals surface area contributed by atoms with Gasteiger partial charge in [-0.25, -0.2) is 18.1 Å². The summed E-state index contributed by atoms with van der Waals surface area (Å²) in [5.74, 6) is 0.899. The fourth-order valence-corrected chi connectivity index (χ4v) is 3.60. The quantitative estimate of drug-likeness (QED) is 0.722. The van der Waals surface area contributed by atoms with E-state index in [1.807, 2.05) is 0 Å². The van der Waals surface area contributed by atoms with Crippen molar-refractivity contribution in [1.82, 2.24) is 14.7 Å². The van der Waals surface area contributed by atoms with Gasteiger partial charge >= 0.3 is 0 Å². The molecule has 0 aliphatic heterocycles. The summed E-state index contributed by atoms with van der Waals surface area (Å²) >= 11 is 0. The number of rotatable bonds is 6. The first-order valence-electron chi connectivity index (χ1n) is 6.21. The van der Waals surface area contributed by atoms with Crippen molar-refractivity contribution in [3.63, 3.8) is 0 Å². The van der Waals surface area contributed by atoms with Gasteiger partial charge in [0.15, 0.2) is 0 Å². The number of imidazole rings is 1. The Morgan fingerprint density at radius 3 is 2.75 bits per heavy atom. The summed E-state index contributed by atoms with van der Waals surface area (Å²) in [4.78, 5) is 6.95. The number of hydrogen-bond donors (Lipinski definition) is 3. The molecule has 4 N–H and O–H groups in total. The number of hydrogen-bond acceptors (Lipinski definition) is 5. The number of nitrogens with one attached hydrogen (secondary N) is 2. The molecule has 2 rings (SSSR count). The Balaban J connectivity index is 2.14. The third-order valence-corrected chi connectivity index (χ3v) is 4.69. The number of aryl methyl sites for hydroxylation is 2. The van der Waals surface area contributed by atoms with Gasteiger partial charge in [-0.1, -0.05) is 0 Å². The van der Waals surface area contributed by atoms with Crippen LogP contribution in [0.3, 0.4) is 0 Å². The number of nitrogens with two attached hydrogens (primary N) is 1. The van der Waals surface area contributed by atoms with Gasteiger partial charge in [0, 0.05) is 37.0 Å². The lowest BCUT2D eigenvalue weighted by molar-refractivity contribution is 0.494. The van der Waals surface area contributed by atoms with Crippen LogP contribution in [0.1, 0.15) is 22.8 Å². The van der Waals surface area contributed by atoms with Crippen LogP contribution in [-0.2, 0) is 23.0 Å². The van der Waals surface area contributed by atoms with Crippen LogP contribution in [0.2, 0.25) is 0 Å². The molecule has 0 bridgehead atoms. The molecule has 110 valence electrons. The van der Waals surface area contributed by atoms with Crippen molar-refractivity contribution >= 4 is 10.0 Å². The molecule has 0 atom stereocenters. The SMILES string of the molecule is Cc1oc(C)c(S(=O)(=O)NCCc2cnc[nH]2)c1CN. The Hall–Kier alpha value is -1.64. The van der Waals surface area contributed by atoms with E-state index in [-0.39, 0.29) is 18.0 Å². The number of H-pyrrole nitrogens is 1. The van der Waals surface area contributed by atoms with E-state index in [0.717, 1.165) is 5.69 Å². The number of aromatic nitrogens is 2. The maximum Gasteiger partial charge on any atom is 0.244 e. The number of aromatic amines is 1. The molecule has 0 aliphatic carbocycles. The maximum atomic E-state index is 12.3. The smallest absolute Gasteiger partial charge is 0.244 e. The van der Waals surface area contributed by atoms with E-state index in [9.17, 15) is 8.42 Å². The molecule has 0 unspecified atom stereocenters. The molecule has 0 spiro atoms. The van der Waals surface area contributed by atoms with Gasteiger partial charge in [-0.2, -0.15) is 0 Å². The third kappa shape index (κ3) is 2.92. The second-order valence-electron chi connectivity index (χ2n) is 4.45. The predicted molar refractivity (Wildman–Crippen MR) is 73.6 cm³/mol. The zero-order chi connectivity index (χ0) is 14.8. The molecule has 2 aromatic rings. The van der Waals surface area contributed by atoms with Gasteiger partial charge in [0.25, 0.3) is 0 Å². The summed E-state index contributed by atoms with van der Waals surface area (Å²) in [5, 5.41) is 0. The van der Waals surface area contributed by atoms with Crippen molar-refractivity contribution in [3.05, 3.63) is 35.3 Å². The maximum absolute atomic E-state index is 12.3. The molecular formula is C12H18N4O3S. The standard InChI is InChI=1S/C12H18N4O3S/c1-8-11(5-13)12(9(2)19-8)20(17,18)16-4-3-10-6-14-7-15-10/h6-7,16H,3-5,13H2,1-2H3,(H,14,15). The van der Waals surface area contributed by atoms with Gasteiger partial charge < -0.3 is 15.1 Å². The Kier molecular flexibility index (Phi) is 4.26. The average Bonchev–Trinajstić information content (AvgIpc) is 2.96. The highest BCUT2D eigenvalue weighted by atomic mass is 32.2. The molecule has 0 amide bonds. The van der Waals surface area contributed by atoms with E-state index in [1.54, 1.807) is 26.4 Å². The first-order valence-corrected chi connectivity index (χ1v) is 7.70. The lowest BCUT2D eigenvalue weighted by Gasteiger charge is -2.07. The summed E-state index contributed by atoms with van der Waals surface area (Å²) in [7, 11) is -3.62. The van der Waals surface area contributed by atoms with Gasteiger partial charge in [-0.3, -0.25) is 0 Å². The highest BCUT2D eigenvalue weighted by Gasteiger charge is 2.25. The Labute approximate surface area is 117 Å². The van der Waals surface area contributed by atoms with E-state index in [4.69, 9.17) is 10.2 Å². The van der Waals surface area contributed by atoms with Crippen LogP contribution in [-0.4, -0.2) is 24.9 Å². The topological polar surface area (TPSA) is 114 Å². The van der Waals surface area contributed by atoms with Crippen LogP contribution >= 0.6 is 0 Å². The van der Waals surface area contributed by atoms with E-state index in [1.165, 1.54) is 0 Å². The van der Waals surface area contributed by atoms with Crippen LogP contribution in [0.15, 0.2) is 21.8 Å². The molecule has 7 nitrogen and oxygen atoms in total. The van der Waals surface area contributed by atoms with Gasteiger partial charge in [0.2, 0.25) is 10.0 Å². The van der Waals surface area contributed by atoms with Crippen LogP contribution in [0.5, 0.6) is 0 Å². The van der Waals surface area contributed by atoms with Crippen molar-refractivity contribution < 1.29 is 12.8 Å². The minimum atomic E-state index is -3.62. The van der Waals surface area contributed by atoms with Gasteiger partial charge in [0.05, 0.1) is 6.33 Å². The normalized spacial score (nSPS) is 11.9. The zero-order valence-electron chi connectivity index (χ0n) is 11.4. The number of nitrogens with zero attached hydrogens (tertiary/aromatic N) is 1. The fraction of sp³-hybridized carbons (Fsp3) is 0.417. The second-order valence-corrected chi connectivity index (χ2v) is 6.15. The van der Waals surface area contributed by atoms with Gasteiger partial charge in [0.1, 0.15) is 16.4 Å². The highest BCUT2D eigenvalue weighted by molar-refractivity contribution is 7.89. The van der Waals surface area contributed by atoms with Crippen LogP contribution < -0.4 is 10.5 Å². The molecule has 20 heavy (non-hydrogen) atoms. The van der Waals surface area contributed by atoms with Gasteiger partial charge in [-0.15, -0.1) is 0 Å². The Bertz CT molecular complexity index is 674. The number of furan rings is 1. The average molecular weight is 298 g/mol. The molecule has 0 radical (unpaired) electrons. The minimum Gasteiger partial charge on any atom is -0.465 e. The van der Waals surface area contributed by atoms with Crippen molar-refractivity contribution in [3.8, 4) is 0 Å². The van der Waals surface area contributed by atoms with E-state index >= 15 is 0 Å². The van der Waals surface area contributed by atoms with Crippen molar-refractivity contribution in [1.29, 1.82) is 0 Å². The monoisotopic (exact) mass is 298 g/mol. The van der Waals surface area contributed by atoms with E-state index in [0.29, 0.717) is 23.5 Å². The number of sulfonamides is 1. The van der Waals surface area contributed by atoms with Gasteiger partial charge in [-0.05, 0) is 13.8 Å². The zero-order valence-corrected chi connectivity index (χ0v) is 12.3. The van der Waals surface area contributed by atoms with E-state index < -0.39 is 10.0 Å². The minimum absolute atomic E-state index is 0.125. The fourth-order valence-electron chi connectivity index (χ4n) is 2.11. The summed E-state index contributed by atoms with van der Waals surface area (Å²) in [6.45, 7) is 3.73. The first-order chi connectivity index (χ1) is 9.45. The van der Waals surface area contributed by atoms with Crippen molar-refractivity contribution in [2.45, 2.75) is 31.7 Å². The van der Waals surface area contributed by atoms with Crippen molar-refractivity contribution in [2.75, 3.05) is 6.54 Å². The summed E-state index contributed by atoms with van der Waals surface area (Å²) in [6, 6.07) is 0. The lowest BCUT2D eigenvalue weighted by Crippen LogP contribution is -2.27. The molecule has 0 aliphatic rings. The third-order valence-electron chi connectivity index (χ3n) is 3.04. The highest BCUT2D eigenvalue weighted by Crippen LogP contribution is 2.25. The van der Waals surface area contributed by atoms with Crippen LogP contribution in [0.25, 0.3) is 0 Å². The van der Waals surface area contributed by atoms with Crippen molar-refractivity contribution in [2.24, 2.45) is 5.73 Å². The lowest BCUT2D eigenvalue weighted by atomic mass is 10.2. The first kappa shape index (κ1) is 14.8. The Morgan fingerprint density at radius 1 is 1.40 bits per heavy atom. The van der Waals surface area contributed by atoms with Crippen LogP contribution in [0, 0.1) is 13.8 Å². The molecular weight excluding hydrogens is 280 g/mol. The molecule has 0 fully saturated rings. The van der Waals surface area contributed by atoms with E-state index in [2.05, 4.69) is 14.7 Å². The molecule has 0 aromatic carbocycles. The summed E-state index contributed by atoms with van der Waals surface area (Å²) in [6.07, 6.45) is 3.75. The molecule has 8 heteroatoms. The summed E-state index contributed by atoms with van der Waals surface area (Å²) < 4.78 is 32.6. The largest absolute Gasteiger partial charge is 0.465 e. The molecule has 2 aromatic heterocycles. The molecule has 0 saturated heterocycles. The predicted octanol–water partition coefficient (Wildman–Crippen LogP) is 0.599. The molecule has 2 heterocycles. The Morgan fingerprint density at radius 2 is 2.15 bits per heavy atom. The molecule has 0 saturated carbocycles. The summed E-state index contributed by atoms with van der Waals surface area (Å²) in [5.41, 5.74) is 6.99.